The molecule has 0 amide bonds. The molecule has 1 rings (SSSR count). The largest absolute Gasteiger partial charge is 0.381 e. The number of hydrogen-bond donors (Lipinski definition) is 1. The summed E-state index contributed by atoms with van der Waals surface area (Å²) in [5.74, 6) is 0.591. The second-order valence-corrected chi connectivity index (χ2v) is 5.42. The summed E-state index contributed by atoms with van der Waals surface area (Å²) in [7, 11) is 4.09. The topological polar surface area (TPSA) is 26.7 Å². The average molecular weight is 250 g/mol. The van der Waals surface area contributed by atoms with Crippen molar-refractivity contribution in [3.05, 3.63) is 29.8 Å². The summed E-state index contributed by atoms with van der Waals surface area (Å²) in [4.78, 5) is 4.19. The Morgan fingerprint density at radius 2 is 1.72 bits per heavy atom. The van der Waals surface area contributed by atoms with Gasteiger partial charge in [-0.25, -0.2) is 0 Å². The van der Waals surface area contributed by atoms with Crippen molar-refractivity contribution < 1.29 is 5.11 Å². The Morgan fingerprint density at radius 1 is 1.11 bits per heavy atom. The van der Waals surface area contributed by atoms with Crippen molar-refractivity contribution in [2.45, 2.75) is 20.3 Å². The maximum Gasteiger partial charge on any atom is 0.0956 e. The van der Waals surface area contributed by atoms with Crippen molar-refractivity contribution in [1.82, 2.24) is 4.90 Å². The molecule has 1 aromatic carbocycles. The smallest absolute Gasteiger partial charge is 0.0956 e. The van der Waals surface area contributed by atoms with Crippen LogP contribution in [0, 0.1) is 5.92 Å². The van der Waals surface area contributed by atoms with Crippen LogP contribution in [0.15, 0.2) is 24.3 Å². The average Bonchev–Trinajstić information content (AvgIpc) is 2.34. The normalized spacial score (nSPS) is 11.3. The molecule has 0 atom stereocenters. The summed E-state index contributed by atoms with van der Waals surface area (Å²) in [6.45, 7) is 6.36. The van der Waals surface area contributed by atoms with Gasteiger partial charge in [0.15, 0.2) is 0 Å². The Labute approximate surface area is 111 Å². The summed E-state index contributed by atoms with van der Waals surface area (Å²) < 4.78 is 0. The number of aliphatic hydroxyl groups is 1. The molecule has 0 saturated carbocycles. The fourth-order valence-electron chi connectivity index (χ4n) is 1.98. The molecule has 0 radical (unpaired) electrons. The predicted molar refractivity (Wildman–Crippen MR) is 78.0 cm³/mol. The van der Waals surface area contributed by atoms with Crippen molar-refractivity contribution in [3.8, 4) is 0 Å². The molecule has 18 heavy (non-hydrogen) atoms. The molecule has 1 aromatic rings. The van der Waals surface area contributed by atoms with Crippen molar-refractivity contribution in [1.29, 1.82) is 0 Å². The Bertz CT molecular complexity index is 333. The minimum Gasteiger partial charge on any atom is -0.381 e. The third-order valence-electron chi connectivity index (χ3n) is 2.99. The van der Waals surface area contributed by atoms with Crippen LogP contribution in [0.1, 0.15) is 19.4 Å². The minimum atomic E-state index is 0.147. The van der Waals surface area contributed by atoms with Gasteiger partial charge >= 0.3 is 0 Å². The lowest BCUT2D eigenvalue weighted by atomic mass is 10.1. The highest BCUT2D eigenvalue weighted by molar-refractivity contribution is 5.45. The lowest BCUT2D eigenvalue weighted by Gasteiger charge is -2.21. The van der Waals surface area contributed by atoms with Gasteiger partial charge < -0.3 is 10.0 Å². The van der Waals surface area contributed by atoms with Gasteiger partial charge in [0.05, 0.1) is 6.73 Å². The molecule has 0 fully saturated rings. The maximum atomic E-state index is 9.29. The van der Waals surface area contributed by atoms with E-state index in [2.05, 4.69) is 47.9 Å². The van der Waals surface area contributed by atoms with Crippen LogP contribution in [0.25, 0.3) is 0 Å². The number of hydrogen-bond acceptors (Lipinski definition) is 3. The van der Waals surface area contributed by atoms with E-state index in [1.165, 1.54) is 11.3 Å². The Balaban J connectivity index is 2.47. The summed E-state index contributed by atoms with van der Waals surface area (Å²) >= 11 is 0. The standard InChI is InChI=1S/C15H26N2O/c1-13(2)11-17(12-18)10-9-14-5-7-15(8-6-14)16(3)4/h5-8,13,18H,9-12H2,1-4H3. The molecule has 0 aliphatic carbocycles. The van der Waals surface area contributed by atoms with Gasteiger partial charge in [0.2, 0.25) is 0 Å². The summed E-state index contributed by atoms with van der Waals surface area (Å²) in [6, 6.07) is 8.61. The molecule has 3 nitrogen and oxygen atoms in total. The van der Waals surface area contributed by atoms with Crippen LogP contribution in [0.2, 0.25) is 0 Å². The first-order valence-electron chi connectivity index (χ1n) is 6.62. The van der Waals surface area contributed by atoms with Crippen molar-refractivity contribution in [2.75, 3.05) is 38.8 Å². The zero-order valence-corrected chi connectivity index (χ0v) is 12.1. The fourth-order valence-corrected chi connectivity index (χ4v) is 1.98. The lowest BCUT2D eigenvalue weighted by molar-refractivity contribution is 0.0971. The number of anilines is 1. The minimum absolute atomic E-state index is 0.147. The molecule has 0 unspecified atom stereocenters. The van der Waals surface area contributed by atoms with Gasteiger partial charge in [0, 0.05) is 32.9 Å². The molecular weight excluding hydrogens is 224 g/mol. The van der Waals surface area contributed by atoms with E-state index in [0.717, 1.165) is 19.5 Å². The van der Waals surface area contributed by atoms with E-state index in [1.54, 1.807) is 0 Å². The van der Waals surface area contributed by atoms with Gasteiger partial charge in [-0.05, 0) is 30.0 Å². The van der Waals surface area contributed by atoms with Gasteiger partial charge in [0.25, 0.3) is 0 Å². The van der Waals surface area contributed by atoms with E-state index < -0.39 is 0 Å². The molecule has 0 spiro atoms. The fraction of sp³-hybridized carbons (Fsp3) is 0.600. The quantitative estimate of drug-likeness (QED) is 0.752. The second-order valence-electron chi connectivity index (χ2n) is 5.42. The number of nitrogens with zero attached hydrogens (tertiary/aromatic N) is 2. The monoisotopic (exact) mass is 250 g/mol. The van der Waals surface area contributed by atoms with E-state index in [0.29, 0.717) is 5.92 Å². The highest BCUT2D eigenvalue weighted by Gasteiger charge is 2.06. The van der Waals surface area contributed by atoms with Gasteiger partial charge in [-0.3, -0.25) is 4.90 Å². The van der Waals surface area contributed by atoms with Crippen LogP contribution in [-0.4, -0.2) is 43.9 Å². The molecule has 1 N–H and O–H groups in total. The third-order valence-corrected chi connectivity index (χ3v) is 2.99. The summed E-state index contributed by atoms with van der Waals surface area (Å²) in [5, 5.41) is 9.29. The molecule has 102 valence electrons. The lowest BCUT2D eigenvalue weighted by Crippen LogP contribution is -2.30. The van der Waals surface area contributed by atoms with E-state index in [9.17, 15) is 5.11 Å². The Morgan fingerprint density at radius 3 is 2.17 bits per heavy atom. The number of rotatable bonds is 7. The Kier molecular flexibility index (Phi) is 6.16. The molecule has 0 heterocycles. The van der Waals surface area contributed by atoms with Gasteiger partial charge in [-0.1, -0.05) is 26.0 Å². The molecule has 3 heteroatoms. The van der Waals surface area contributed by atoms with E-state index >= 15 is 0 Å². The van der Waals surface area contributed by atoms with Gasteiger partial charge in [-0.2, -0.15) is 0 Å². The molecule has 0 aromatic heterocycles. The molecule has 0 saturated heterocycles. The predicted octanol–water partition coefficient (Wildman–Crippen LogP) is 2.20. The van der Waals surface area contributed by atoms with E-state index in [1.807, 2.05) is 14.1 Å². The Hall–Kier alpha value is -1.06. The van der Waals surface area contributed by atoms with Crippen molar-refractivity contribution in [3.63, 3.8) is 0 Å². The number of benzene rings is 1. The van der Waals surface area contributed by atoms with Crippen LogP contribution < -0.4 is 4.90 Å². The molecule has 0 bridgehead atoms. The first-order chi connectivity index (χ1) is 8.52. The van der Waals surface area contributed by atoms with Crippen LogP contribution in [0.3, 0.4) is 0 Å². The van der Waals surface area contributed by atoms with Gasteiger partial charge in [0.1, 0.15) is 0 Å². The summed E-state index contributed by atoms with van der Waals surface area (Å²) in [6.07, 6.45) is 0.987. The first kappa shape index (κ1) is 15.0. The second kappa shape index (κ2) is 7.39. The molecular formula is C15H26N2O. The van der Waals surface area contributed by atoms with E-state index in [-0.39, 0.29) is 6.73 Å². The van der Waals surface area contributed by atoms with Crippen LogP contribution in [-0.2, 0) is 6.42 Å². The van der Waals surface area contributed by atoms with Gasteiger partial charge in [-0.15, -0.1) is 0 Å². The highest BCUT2D eigenvalue weighted by atomic mass is 16.3. The maximum absolute atomic E-state index is 9.29. The highest BCUT2D eigenvalue weighted by Crippen LogP contribution is 2.13. The van der Waals surface area contributed by atoms with Crippen LogP contribution in [0.4, 0.5) is 5.69 Å². The van der Waals surface area contributed by atoms with Crippen molar-refractivity contribution in [2.24, 2.45) is 5.92 Å². The zero-order valence-electron chi connectivity index (χ0n) is 12.1. The van der Waals surface area contributed by atoms with Crippen LogP contribution >= 0.6 is 0 Å². The summed E-state index contributed by atoms with van der Waals surface area (Å²) in [5.41, 5.74) is 2.54. The van der Waals surface area contributed by atoms with Crippen molar-refractivity contribution >= 4 is 5.69 Å². The SMILES string of the molecule is CC(C)CN(CO)CCc1ccc(N(C)C)cc1. The van der Waals surface area contributed by atoms with Crippen LogP contribution in [0.5, 0.6) is 0 Å². The third kappa shape index (κ3) is 5.07. The first-order valence-corrected chi connectivity index (χ1v) is 6.62. The molecule has 0 aliphatic heterocycles. The van der Waals surface area contributed by atoms with E-state index in [4.69, 9.17) is 0 Å². The molecule has 0 aliphatic rings. The zero-order chi connectivity index (χ0) is 13.5. The number of aliphatic hydroxyl groups excluding tert-OH is 1.